The van der Waals surface area contributed by atoms with Gasteiger partial charge in [0.2, 0.25) is 0 Å². The van der Waals surface area contributed by atoms with Gasteiger partial charge in [-0.25, -0.2) is 4.98 Å². The van der Waals surface area contributed by atoms with Crippen molar-refractivity contribution in [3.8, 4) is 16.9 Å². The van der Waals surface area contributed by atoms with E-state index in [1.165, 1.54) is 0 Å². The molecule has 0 saturated heterocycles. The summed E-state index contributed by atoms with van der Waals surface area (Å²) >= 11 is 0. The van der Waals surface area contributed by atoms with Crippen LogP contribution >= 0.6 is 0 Å². The Morgan fingerprint density at radius 1 is 1.17 bits per heavy atom. The van der Waals surface area contributed by atoms with E-state index in [1.807, 2.05) is 48.6 Å². The van der Waals surface area contributed by atoms with Crippen LogP contribution in [0.15, 0.2) is 67.0 Å². The summed E-state index contributed by atoms with van der Waals surface area (Å²) in [5.74, 6) is 1.38. The summed E-state index contributed by atoms with van der Waals surface area (Å²) in [5, 5.41) is 19.6. The second kappa shape index (κ2) is 8.83. The molecule has 1 aliphatic rings. The summed E-state index contributed by atoms with van der Waals surface area (Å²) in [6.07, 6.45) is 7.66. The molecule has 4 N–H and O–H groups in total. The van der Waals surface area contributed by atoms with Crippen molar-refractivity contribution in [1.82, 2.24) is 9.55 Å². The van der Waals surface area contributed by atoms with Crippen LogP contribution in [0, 0.1) is 0 Å². The van der Waals surface area contributed by atoms with Gasteiger partial charge in [0, 0.05) is 24.9 Å². The lowest BCUT2D eigenvalue weighted by Crippen LogP contribution is -2.14. The monoisotopic (exact) mass is 405 g/mol. The SMILES string of the molecule is C[C@H](O)c1nccn1[C@@H](/C=C/c1ccc(-c2ccc(O[C@H]3C[C@@H]3N)cc2)cc1)CO. The van der Waals surface area contributed by atoms with Crippen LogP contribution in [0.2, 0.25) is 0 Å². The third kappa shape index (κ3) is 4.62. The zero-order valence-corrected chi connectivity index (χ0v) is 16.9. The molecule has 1 heterocycles. The number of aliphatic hydroxyl groups is 2. The number of rotatable bonds is 8. The van der Waals surface area contributed by atoms with E-state index < -0.39 is 6.10 Å². The first-order chi connectivity index (χ1) is 14.5. The van der Waals surface area contributed by atoms with Crippen LogP contribution in [0.3, 0.4) is 0 Å². The molecule has 6 nitrogen and oxygen atoms in total. The van der Waals surface area contributed by atoms with Gasteiger partial charge in [-0.15, -0.1) is 0 Å². The number of benzene rings is 2. The van der Waals surface area contributed by atoms with Gasteiger partial charge in [-0.3, -0.25) is 0 Å². The number of ether oxygens (including phenoxy) is 1. The molecule has 4 atom stereocenters. The second-order valence-electron chi connectivity index (χ2n) is 7.68. The van der Waals surface area contributed by atoms with Crippen LogP contribution in [-0.2, 0) is 0 Å². The van der Waals surface area contributed by atoms with Crippen molar-refractivity contribution in [3.05, 3.63) is 78.4 Å². The van der Waals surface area contributed by atoms with Crippen molar-refractivity contribution in [1.29, 1.82) is 0 Å². The maximum absolute atomic E-state index is 9.83. The largest absolute Gasteiger partial charge is 0.489 e. The highest BCUT2D eigenvalue weighted by molar-refractivity contribution is 5.66. The Morgan fingerprint density at radius 2 is 1.80 bits per heavy atom. The molecule has 4 rings (SSSR count). The van der Waals surface area contributed by atoms with Gasteiger partial charge in [0.15, 0.2) is 0 Å². The molecule has 0 spiro atoms. The first-order valence-corrected chi connectivity index (χ1v) is 10.2. The number of hydrogen-bond donors (Lipinski definition) is 3. The summed E-state index contributed by atoms with van der Waals surface area (Å²) in [5.41, 5.74) is 9.05. The summed E-state index contributed by atoms with van der Waals surface area (Å²) in [7, 11) is 0. The van der Waals surface area contributed by atoms with Crippen molar-refractivity contribution < 1.29 is 14.9 Å². The standard InChI is InChI=1S/C24H27N3O3/c1-16(29)24-26-12-13-27(24)20(15-28)9-4-17-2-5-18(6-3-17)19-7-10-21(11-8-19)30-23-14-22(23)25/h2-13,16,20,22-23,28-29H,14-15,25H2,1H3/b9-4+/t16-,20-,22-,23-/m0/s1. The van der Waals surface area contributed by atoms with E-state index in [-0.39, 0.29) is 24.8 Å². The van der Waals surface area contributed by atoms with Crippen molar-refractivity contribution in [2.75, 3.05) is 6.61 Å². The van der Waals surface area contributed by atoms with Crippen molar-refractivity contribution in [2.24, 2.45) is 5.73 Å². The van der Waals surface area contributed by atoms with Gasteiger partial charge in [0.1, 0.15) is 23.8 Å². The van der Waals surface area contributed by atoms with Gasteiger partial charge in [0.05, 0.1) is 12.6 Å². The topological polar surface area (TPSA) is 93.5 Å². The fourth-order valence-corrected chi connectivity index (χ4v) is 3.40. The molecule has 30 heavy (non-hydrogen) atoms. The van der Waals surface area contributed by atoms with Crippen molar-refractivity contribution in [3.63, 3.8) is 0 Å². The Balaban J connectivity index is 1.43. The minimum atomic E-state index is -0.695. The molecule has 0 aliphatic heterocycles. The smallest absolute Gasteiger partial charge is 0.137 e. The predicted molar refractivity (Wildman–Crippen MR) is 117 cm³/mol. The third-order valence-corrected chi connectivity index (χ3v) is 5.29. The van der Waals surface area contributed by atoms with Gasteiger partial charge in [-0.05, 0) is 35.7 Å². The quantitative estimate of drug-likeness (QED) is 0.534. The Labute approximate surface area is 176 Å². The molecule has 6 heteroatoms. The normalized spacial score (nSPS) is 20.3. The molecular weight excluding hydrogens is 378 g/mol. The fourth-order valence-electron chi connectivity index (χ4n) is 3.40. The Morgan fingerprint density at radius 3 is 2.37 bits per heavy atom. The third-order valence-electron chi connectivity index (χ3n) is 5.29. The molecule has 2 aromatic carbocycles. The van der Waals surface area contributed by atoms with Crippen LogP contribution < -0.4 is 10.5 Å². The van der Waals surface area contributed by atoms with Crippen molar-refractivity contribution >= 4 is 6.08 Å². The number of hydrogen-bond acceptors (Lipinski definition) is 5. The summed E-state index contributed by atoms with van der Waals surface area (Å²) in [4.78, 5) is 4.17. The van der Waals surface area contributed by atoms with E-state index in [2.05, 4.69) is 17.1 Å². The van der Waals surface area contributed by atoms with E-state index in [0.717, 1.165) is 28.9 Å². The van der Waals surface area contributed by atoms with Crippen LogP contribution in [0.5, 0.6) is 5.75 Å². The summed E-state index contributed by atoms with van der Waals surface area (Å²) < 4.78 is 7.57. The first-order valence-electron chi connectivity index (χ1n) is 10.2. The number of nitrogens with zero attached hydrogens (tertiary/aromatic N) is 2. The van der Waals surface area contributed by atoms with Gasteiger partial charge >= 0.3 is 0 Å². The number of aromatic nitrogens is 2. The van der Waals surface area contributed by atoms with Crippen LogP contribution in [0.25, 0.3) is 17.2 Å². The van der Waals surface area contributed by atoms with E-state index in [1.54, 1.807) is 23.9 Å². The van der Waals surface area contributed by atoms with Crippen LogP contribution in [0.1, 0.15) is 36.9 Å². The molecule has 1 aromatic heterocycles. The number of imidazole rings is 1. The summed E-state index contributed by atoms with van der Waals surface area (Å²) in [6.45, 7) is 1.58. The molecule has 156 valence electrons. The van der Waals surface area contributed by atoms with Gasteiger partial charge in [-0.1, -0.05) is 48.6 Å². The lowest BCUT2D eigenvalue weighted by molar-refractivity contribution is 0.175. The molecule has 0 unspecified atom stereocenters. The summed E-state index contributed by atoms with van der Waals surface area (Å²) in [6, 6.07) is 16.1. The van der Waals surface area contributed by atoms with E-state index in [4.69, 9.17) is 10.5 Å². The molecule has 1 fully saturated rings. The average Bonchev–Trinajstić information content (AvgIpc) is 3.24. The molecule has 0 amide bonds. The van der Waals surface area contributed by atoms with E-state index in [0.29, 0.717) is 5.82 Å². The highest BCUT2D eigenvalue weighted by Crippen LogP contribution is 2.28. The Bertz CT molecular complexity index is 993. The molecule has 3 aromatic rings. The van der Waals surface area contributed by atoms with Gasteiger partial charge < -0.3 is 25.3 Å². The first kappa shape index (κ1) is 20.3. The van der Waals surface area contributed by atoms with Crippen LogP contribution in [-0.4, -0.2) is 38.5 Å². The zero-order valence-electron chi connectivity index (χ0n) is 16.9. The second-order valence-corrected chi connectivity index (χ2v) is 7.68. The predicted octanol–water partition coefficient (Wildman–Crippen LogP) is 3.33. The highest BCUT2D eigenvalue weighted by Gasteiger charge is 2.35. The van der Waals surface area contributed by atoms with E-state index >= 15 is 0 Å². The number of nitrogens with two attached hydrogens (primary N) is 1. The molecular formula is C24H27N3O3. The Kier molecular flexibility index (Phi) is 5.99. The minimum absolute atomic E-state index is 0.0785. The average molecular weight is 405 g/mol. The number of aliphatic hydroxyl groups excluding tert-OH is 2. The maximum atomic E-state index is 9.83. The lowest BCUT2D eigenvalue weighted by Gasteiger charge is -2.16. The molecule has 0 radical (unpaired) electrons. The Hall–Kier alpha value is -2.93. The zero-order chi connectivity index (χ0) is 21.1. The maximum Gasteiger partial charge on any atom is 0.137 e. The van der Waals surface area contributed by atoms with Gasteiger partial charge in [-0.2, -0.15) is 0 Å². The molecule has 0 bridgehead atoms. The van der Waals surface area contributed by atoms with Crippen LogP contribution in [0.4, 0.5) is 0 Å². The fraction of sp³-hybridized carbons (Fsp3) is 0.292. The molecule has 1 saturated carbocycles. The highest BCUT2D eigenvalue weighted by atomic mass is 16.5. The van der Waals surface area contributed by atoms with Gasteiger partial charge in [0.25, 0.3) is 0 Å². The lowest BCUT2D eigenvalue weighted by atomic mass is 10.0. The minimum Gasteiger partial charge on any atom is -0.489 e. The van der Waals surface area contributed by atoms with Crippen molar-refractivity contribution in [2.45, 2.75) is 37.6 Å². The molecule has 1 aliphatic carbocycles. The van der Waals surface area contributed by atoms with E-state index in [9.17, 15) is 10.2 Å².